The van der Waals surface area contributed by atoms with E-state index in [4.69, 9.17) is 4.42 Å². The first kappa shape index (κ1) is 16.8. The molecule has 0 spiro atoms. The van der Waals surface area contributed by atoms with Crippen LogP contribution in [0.4, 0.5) is 0 Å². The Labute approximate surface area is 161 Å². The molecule has 0 aliphatic heterocycles. The number of furan rings is 1. The molecule has 0 bridgehead atoms. The second-order valence-electron chi connectivity index (χ2n) is 5.80. The zero-order valence-corrected chi connectivity index (χ0v) is 15.5. The molecule has 3 aromatic heterocycles. The number of aromatic amines is 1. The van der Waals surface area contributed by atoms with Crippen molar-refractivity contribution in [1.82, 2.24) is 14.6 Å². The molecule has 27 heavy (non-hydrogen) atoms. The number of H-pyrrole nitrogens is 1. The molecule has 0 saturated heterocycles. The Bertz CT molecular complexity index is 1330. The Morgan fingerprint density at radius 3 is 2.41 bits per heavy atom. The molecule has 7 nitrogen and oxygen atoms in total. The molecule has 1 N–H and O–H groups in total. The number of nitrogens with one attached hydrogen (secondary N) is 1. The maximum absolute atomic E-state index is 12.8. The van der Waals surface area contributed by atoms with Crippen molar-refractivity contribution in [2.75, 3.05) is 0 Å². The zero-order valence-electron chi connectivity index (χ0n) is 13.9. The predicted molar refractivity (Wildman–Crippen MR) is 101 cm³/mol. The van der Waals surface area contributed by atoms with Crippen molar-refractivity contribution < 1.29 is 4.42 Å². The van der Waals surface area contributed by atoms with Gasteiger partial charge in [0.15, 0.2) is 11.5 Å². The SMILES string of the molecule is Cc1ccc(-c2c(C#N)c(=O)n3[nH]c(-c4ccc(Br)cc4)nc3c2C#N)o1. The molecule has 0 amide bonds. The third-order valence-electron chi connectivity index (χ3n) is 4.12. The van der Waals surface area contributed by atoms with E-state index in [1.165, 1.54) is 0 Å². The second kappa shape index (κ2) is 6.27. The van der Waals surface area contributed by atoms with E-state index < -0.39 is 5.56 Å². The summed E-state index contributed by atoms with van der Waals surface area (Å²) in [4.78, 5) is 17.3. The average molecular weight is 420 g/mol. The van der Waals surface area contributed by atoms with Crippen LogP contribution in [0.5, 0.6) is 0 Å². The third kappa shape index (κ3) is 2.64. The highest BCUT2D eigenvalue weighted by Gasteiger charge is 2.24. The van der Waals surface area contributed by atoms with Crippen LogP contribution >= 0.6 is 15.9 Å². The maximum atomic E-state index is 12.8. The van der Waals surface area contributed by atoms with Gasteiger partial charge >= 0.3 is 0 Å². The van der Waals surface area contributed by atoms with Gasteiger partial charge < -0.3 is 4.42 Å². The van der Waals surface area contributed by atoms with Crippen molar-refractivity contribution in [1.29, 1.82) is 10.5 Å². The highest BCUT2D eigenvalue weighted by Crippen LogP contribution is 2.30. The minimum Gasteiger partial charge on any atom is -0.461 e. The topological polar surface area (TPSA) is 111 Å². The molecule has 0 unspecified atom stereocenters. The normalized spacial score (nSPS) is 10.7. The minimum absolute atomic E-state index is 0.0973. The van der Waals surface area contributed by atoms with Crippen LogP contribution < -0.4 is 5.56 Å². The zero-order chi connectivity index (χ0) is 19.1. The number of aromatic nitrogens is 3. The lowest BCUT2D eigenvalue weighted by atomic mass is 10.0. The van der Waals surface area contributed by atoms with Crippen LogP contribution in [0.3, 0.4) is 0 Å². The predicted octanol–water partition coefficient (Wildman–Crippen LogP) is 3.76. The van der Waals surface area contributed by atoms with Crippen molar-refractivity contribution in [3.05, 3.63) is 68.1 Å². The highest BCUT2D eigenvalue weighted by atomic mass is 79.9. The summed E-state index contributed by atoms with van der Waals surface area (Å²) in [7, 11) is 0. The van der Waals surface area contributed by atoms with Crippen LogP contribution in [0.15, 0.2) is 50.1 Å². The fraction of sp³-hybridized carbons (Fsp3) is 0.0526. The molecule has 4 aromatic rings. The van der Waals surface area contributed by atoms with E-state index in [1.807, 2.05) is 30.3 Å². The maximum Gasteiger partial charge on any atom is 0.289 e. The van der Waals surface area contributed by atoms with Crippen molar-refractivity contribution in [3.63, 3.8) is 0 Å². The Kier molecular flexibility index (Phi) is 3.91. The van der Waals surface area contributed by atoms with Gasteiger partial charge in [0.05, 0.1) is 5.56 Å². The number of aryl methyl sites for hydroxylation is 1. The first-order valence-electron chi connectivity index (χ1n) is 7.85. The number of rotatable bonds is 2. The summed E-state index contributed by atoms with van der Waals surface area (Å²) < 4.78 is 7.59. The molecule has 0 radical (unpaired) electrons. The van der Waals surface area contributed by atoms with Crippen molar-refractivity contribution >= 4 is 21.6 Å². The molecular weight excluding hydrogens is 410 g/mol. The van der Waals surface area contributed by atoms with Crippen LogP contribution in [0, 0.1) is 29.6 Å². The van der Waals surface area contributed by atoms with Crippen LogP contribution in [-0.4, -0.2) is 14.6 Å². The Morgan fingerprint density at radius 2 is 1.81 bits per heavy atom. The molecular formula is C19H10BrN5O2. The first-order chi connectivity index (χ1) is 13.0. The molecule has 4 rings (SSSR count). The van der Waals surface area contributed by atoms with Crippen molar-refractivity contribution in [2.45, 2.75) is 6.92 Å². The van der Waals surface area contributed by atoms with Gasteiger partial charge in [-0.05, 0) is 31.2 Å². The molecule has 3 heterocycles. The summed E-state index contributed by atoms with van der Waals surface area (Å²) in [6.45, 7) is 1.74. The highest BCUT2D eigenvalue weighted by molar-refractivity contribution is 9.10. The molecule has 1 aromatic carbocycles. The lowest BCUT2D eigenvalue weighted by molar-refractivity contribution is 0.548. The second-order valence-corrected chi connectivity index (χ2v) is 6.72. The number of benzene rings is 1. The van der Waals surface area contributed by atoms with E-state index >= 15 is 0 Å². The van der Waals surface area contributed by atoms with Crippen LogP contribution in [0.1, 0.15) is 16.9 Å². The van der Waals surface area contributed by atoms with Crippen molar-refractivity contribution in [3.8, 4) is 34.8 Å². The summed E-state index contributed by atoms with van der Waals surface area (Å²) in [6.07, 6.45) is 0. The van der Waals surface area contributed by atoms with Crippen LogP contribution in [0.25, 0.3) is 28.4 Å². The summed E-state index contributed by atoms with van der Waals surface area (Å²) in [5, 5.41) is 22.2. The molecule has 0 atom stereocenters. The fourth-order valence-electron chi connectivity index (χ4n) is 2.87. The lowest BCUT2D eigenvalue weighted by Gasteiger charge is -2.04. The van der Waals surface area contributed by atoms with Gasteiger partial charge in [-0.25, -0.2) is 4.98 Å². The number of pyridine rings is 1. The van der Waals surface area contributed by atoms with Gasteiger partial charge in [0.1, 0.15) is 34.8 Å². The fourth-order valence-corrected chi connectivity index (χ4v) is 3.14. The van der Waals surface area contributed by atoms with E-state index in [2.05, 4.69) is 32.1 Å². The van der Waals surface area contributed by atoms with Crippen LogP contribution in [-0.2, 0) is 0 Å². The molecule has 0 fully saturated rings. The summed E-state index contributed by atoms with van der Waals surface area (Å²) in [6, 6.07) is 14.6. The number of hydrogen-bond donors (Lipinski definition) is 1. The quantitative estimate of drug-likeness (QED) is 0.531. The van der Waals surface area contributed by atoms with Gasteiger partial charge in [-0.1, -0.05) is 28.1 Å². The molecule has 8 heteroatoms. The summed E-state index contributed by atoms with van der Waals surface area (Å²) in [5.74, 6) is 1.30. The van der Waals surface area contributed by atoms with Gasteiger partial charge in [-0.2, -0.15) is 15.0 Å². The van der Waals surface area contributed by atoms with E-state index in [1.54, 1.807) is 19.1 Å². The standard InChI is InChI=1S/C19H10BrN5O2/c1-10-2-7-15(27-10)16-13(8-21)18-23-17(11-3-5-12(20)6-4-11)24-25(18)19(26)14(16)9-22/h2-7H,1H3,(H,23,24). The molecule has 0 saturated carbocycles. The number of halogens is 1. The van der Waals surface area contributed by atoms with Crippen LogP contribution in [0.2, 0.25) is 0 Å². The van der Waals surface area contributed by atoms with Gasteiger partial charge in [-0.3, -0.25) is 9.89 Å². The van der Waals surface area contributed by atoms with Gasteiger partial charge in [-0.15, -0.1) is 0 Å². The Morgan fingerprint density at radius 1 is 1.11 bits per heavy atom. The minimum atomic E-state index is -0.591. The average Bonchev–Trinajstić information content (AvgIpc) is 3.29. The lowest BCUT2D eigenvalue weighted by Crippen LogP contribution is -2.20. The monoisotopic (exact) mass is 419 g/mol. The van der Waals surface area contributed by atoms with E-state index in [0.29, 0.717) is 11.6 Å². The summed E-state index contributed by atoms with van der Waals surface area (Å²) >= 11 is 3.37. The number of fused-ring (bicyclic) bond motifs is 1. The third-order valence-corrected chi connectivity index (χ3v) is 4.64. The van der Waals surface area contributed by atoms with Crippen molar-refractivity contribution in [2.24, 2.45) is 0 Å². The first-order valence-corrected chi connectivity index (χ1v) is 8.64. The Hall–Kier alpha value is -3.62. The smallest absolute Gasteiger partial charge is 0.289 e. The van der Waals surface area contributed by atoms with E-state index in [-0.39, 0.29) is 28.1 Å². The van der Waals surface area contributed by atoms with Gasteiger partial charge in [0.25, 0.3) is 5.56 Å². The van der Waals surface area contributed by atoms with E-state index in [9.17, 15) is 15.3 Å². The number of nitrogens with zero attached hydrogens (tertiary/aromatic N) is 4. The number of hydrogen-bond acceptors (Lipinski definition) is 5. The summed E-state index contributed by atoms with van der Waals surface area (Å²) in [5.41, 5.74) is 0.366. The molecule has 130 valence electrons. The molecule has 0 aliphatic carbocycles. The van der Waals surface area contributed by atoms with Gasteiger partial charge in [0, 0.05) is 10.0 Å². The Balaban J connectivity index is 2.08. The van der Waals surface area contributed by atoms with Gasteiger partial charge in [0.2, 0.25) is 0 Å². The van der Waals surface area contributed by atoms with E-state index in [0.717, 1.165) is 14.6 Å². The largest absolute Gasteiger partial charge is 0.461 e. The molecule has 0 aliphatic rings. The number of nitriles is 2.